The summed E-state index contributed by atoms with van der Waals surface area (Å²) in [4.78, 5) is 15.5. The van der Waals surface area contributed by atoms with Gasteiger partial charge in [0.1, 0.15) is 11.4 Å². The highest BCUT2D eigenvalue weighted by molar-refractivity contribution is 6.30. The molecule has 6 heteroatoms. The van der Waals surface area contributed by atoms with Gasteiger partial charge in [0.25, 0.3) is 0 Å². The van der Waals surface area contributed by atoms with Crippen molar-refractivity contribution >= 4 is 23.1 Å². The SMILES string of the molecule is C=C(NOCC=C(C)c1cc(Cl)ccc1OC)C(=O)O. The van der Waals surface area contributed by atoms with Gasteiger partial charge in [-0.2, -0.15) is 0 Å². The molecule has 0 aromatic heterocycles. The van der Waals surface area contributed by atoms with Crippen molar-refractivity contribution < 1.29 is 19.5 Å². The number of hydrogen-bond donors (Lipinski definition) is 2. The van der Waals surface area contributed by atoms with Gasteiger partial charge in [-0.25, -0.2) is 4.79 Å². The molecule has 0 bridgehead atoms. The topological polar surface area (TPSA) is 67.8 Å². The molecule has 0 atom stereocenters. The second-order valence-electron chi connectivity index (χ2n) is 3.93. The van der Waals surface area contributed by atoms with Gasteiger partial charge in [0.15, 0.2) is 0 Å². The summed E-state index contributed by atoms with van der Waals surface area (Å²) in [6.07, 6.45) is 1.77. The Bertz CT molecular complexity index is 540. The first kappa shape index (κ1) is 16.1. The molecule has 0 spiro atoms. The summed E-state index contributed by atoms with van der Waals surface area (Å²) in [5, 5.41) is 9.18. The first-order valence-electron chi connectivity index (χ1n) is 5.76. The highest BCUT2D eigenvalue weighted by Crippen LogP contribution is 2.28. The van der Waals surface area contributed by atoms with Crippen LogP contribution < -0.4 is 10.2 Å². The van der Waals surface area contributed by atoms with Crippen molar-refractivity contribution in [3.63, 3.8) is 0 Å². The smallest absolute Gasteiger partial charge is 0.353 e. The van der Waals surface area contributed by atoms with E-state index in [1.165, 1.54) is 0 Å². The fourth-order valence-electron chi connectivity index (χ4n) is 1.44. The number of ether oxygens (including phenoxy) is 1. The Balaban J connectivity index is 2.67. The van der Waals surface area contributed by atoms with Gasteiger partial charge in [0.2, 0.25) is 0 Å². The van der Waals surface area contributed by atoms with Crippen LogP contribution in [0, 0.1) is 0 Å². The Morgan fingerprint density at radius 2 is 2.25 bits per heavy atom. The van der Waals surface area contributed by atoms with E-state index in [1.807, 2.05) is 6.92 Å². The maximum absolute atomic E-state index is 10.5. The van der Waals surface area contributed by atoms with Crippen molar-refractivity contribution in [2.75, 3.05) is 13.7 Å². The fraction of sp³-hybridized carbons (Fsp3) is 0.214. The van der Waals surface area contributed by atoms with E-state index in [-0.39, 0.29) is 12.3 Å². The number of allylic oxidation sites excluding steroid dienone is 1. The van der Waals surface area contributed by atoms with Gasteiger partial charge in [-0.3, -0.25) is 10.3 Å². The molecule has 0 aliphatic heterocycles. The van der Waals surface area contributed by atoms with Gasteiger partial charge in [0.05, 0.1) is 13.7 Å². The predicted molar refractivity (Wildman–Crippen MR) is 77.5 cm³/mol. The lowest BCUT2D eigenvalue weighted by Gasteiger charge is -2.10. The molecule has 0 radical (unpaired) electrons. The van der Waals surface area contributed by atoms with E-state index in [0.717, 1.165) is 11.1 Å². The van der Waals surface area contributed by atoms with E-state index >= 15 is 0 Å². The van der Waals surface area contributed by atoms with Crippen molar-refractivity contribution in [3.05, 3.63) is 47.1 Å². The molecule has 0 unspecified atom stereocenters. The summed E-state index contributed by atoms with van der Waals surface area (Å²) in [6, 6.07) is 5.31. The van der Waals surface area contributed by atoms with Crippen molar-refractivity contribution in [1.29, 1.82) is 0 Å². The molecule has 20 heavy (non-hydrogen) atoms. The summed E-state index contributed by atoms with van der Waals surface area (Å²) >= 11 is 5.95. The fourth-order valence-corrected chi connectivity index (χ4v) is 1.61. The first-order chi connectivity index (χ1) is 9.45. The molecule has 0 saturated heterocycles. The summed E-state index contributed by atoms with van der Waals surface area (Å²) < 4.78 is 5.25. The number of hydroxylamine groups is 1. The molecule has 0 saturated carbocycles. The highest BCUT2D eigenvalue weighted by atomic mass is 35.5. The van der Waals surface area contributed by atoms with Gasteiger partial charge in [-0.1, -0.05) is 24.3 Å². The van der Waals surface area contributed by atoms with Gasteiger partial charge < -0.3 is 9.84 Å². The molecule has 2 N–H and O–H groups in total. The Morgan fingerprint density at radius 1 is 1.55 bits per heavy atom. The molecule has 108 valence electrons. The van der Waals surface area contributed by atoms with Crippen LogP contribution in [-0.4, -0.2) is 24.8 Å². The molecule has 1 rings (SSSR count). The van der Waals surface area contributed by atoms with Crippen LogP contribution in [-0.2, 0) is 9.63 Å². The first-order valence-corrected chi connectivity index (χ1v) is 6.14. The second-order valence-corrected chi connectivity index (χ2v) is 4.36. The van der Waals surface area contributed by atoms with Crippen LogP contribution in [0.2, 0.25) is 5.02 Å². The monoisotopic (exact) mass is 297 g/mol. The van der Waals surface area contributed by atoms with Crippen LogP contribution in [0.15, 0.2) is 36.6 Å². The maximum atomic E-state index is 10.5. The van der Waals surface area contributed by atoms with Crippen molar-refractivity contribution in [3.8, 4) is 5.75 Å². The minimum absolute atomic E-state index is 0.174. The van der Waals surface area contributed by atoms with E-state index in [9.17, 15) is 4.79 Å². The van der Waals surface area contributed by atoms with E-state index in [4.69, 9.17) is 26.3 Å². The van der Waals surface area contributed by atoms with Crippen LogP contribution in [0.3, 0.4) is 0 Å². The number of hydrogen-bond acceptors (Lipinski definition) is 4. The van der Waals surface area contributed by atoms with Crippen LogP contribution in [0.5, 0.6) is 5.75 Å². The Labute approximate surface area is 122 Å². The van der Waals surface area contributed by atoms with Gasteiger partial charge in [-0.15, -0.1) is 0 Å². The lowest BCUT2D eigenvalue weighted by molar-refractivity contribution is -0.134. The number of aliphatic carboxylic acids is 1. The quantitative estimate of drug-likeness (QED) is 0.460. The zero-order chi connectivity index (χ0) is 15.1. The highest BCUT2D eigenvalue weighted by Gasteiger charge is 2.06. The number of carboxylic acids is 1. The normalized spacial score (nSPS) is 11.1. The Kier molecular flexibility index (Phi) is 6.09. The minimum atomic E-state index is -1.16. The molecular formula is C14H16ClNO4. The molecule has 1 aromatic rings. The third-order valence-corrected chi connectivity index (χ3v) is 2.75. The number of nitrogens with one attached hydrogen (secondary N) is 1. The lowest BCUT2D eigenvalue weighted by Crippen LogP contribution is -2.19. The molecule has 5 nitrogen and oxygen atoms in total. The number of carboxylic acid groups (broad SMARTS) is 1. The minimum Gasteiger partial charge on any atom is -0.496 e. The van der Waals surface area contributed by atoms with Gasteiger partial charge in [-0.05, 0) is 30.7 Å². The summed E-state index contributed by atoms with van der Waals surface area (Å²) in [5.74, 6) is -0.465. The van der Waals surface area contributed by atoms with E-state index in [0.29, 0.717) is 10.8 Å². The van der Waals surface area contributed by atoms with E-state index in [2.05, 4.69) is 12.1 Å². The third-order valence-electron chi connectivity index (χ3n) is 2.51. The second kappa shape index (κ2) is 7.57. The van der Waals surface area contributed by atoms with Crippen LogP contribution in [0.1, 0.15) is 12.5 Å². The van der Waals surface area contributed by atoms with Crippen molar-refractivity contribution in [2.45, 2.75) is 6.92 Å². The number of methoxy groups -OCH3 is 1. The zero-order valence-electron chi connectivity index (χ0n) is 11.3. The van der Waals surface area contributed by atoms with Crippen molar-refractivity contribution in [2.24, 2.45) is 0 Å². The molecule has 1 aromatic carbocycles. The largest absolute Gasteiger partial charge is 0.496 e. The standard InChI is InChI=1S/C14H16ClNO4/c1-9(6-7-20-16-10(2)14(17)18)12-8-11(15)4-5-13(12)19-3/h4-6,8,16H,2,7H2,1,3H3,(H,17,18). The van der Waals surface area contributed by atoms with Crippen molar-refractivity contribution in [1.82, 2.24) is 5.48 Å². The van der Waals surface area contributed by atoms with Crippen LogP contribution >= 0.6 is 11.6 Å². The molecule has 0 amide bonds. The number of benzene rings is 1. The number of carbonyl (C=O) groups is 1. The number of halogens is 1. The lowest BCUT2D eigenvalue weighted by atomic mass is 10.1. The maximum Gasteiger partial charge on any atom is 0.353 e. The molecule has 0 heterocycles. The average molecular weight is 298 g/mol. The number of rotatable bonds is 7. The van der Waals surface area contributed by atoms with Crippen LogP contribution in [0.4, 0.5) is 0 Å². The third kappa shape index (κ3) is 4.60. The van der Waals surface area contributed by atoms with Gasteiger partial charge >= 0.3 is 5.97 Å². The van der Waals surface area contributed by atoms with E-state index in [1.54, 1.807) is 31.4 Å². The van der Waals surface area contributed by atoms with Crippen LogP contribution in [0.25, 0.3) is 5.57 Å². The summed E-state index contributed by atoms with van der Waals surface area (Å²) in [5.41, 5.74) is 3.75. The van der Waals surface area contributed by atoms with Gasteiger partial charge in [0, 0.05) is 10.6 Å². The summed E-state index contributed by atoms with van der Waals surface area (Å²) in [6.45, 7) is 5.33. The Hall–Kier alpha value is -1.98. The molecule has 0 aliphatic carbocycles. The Morgan fingerprint density at radius 3 is 2.85 bits per heavy atom. The molecular weight excluding hydrogens is 282 g/mol. The molecule has 0 aliphatic rings. The molecule has 0 fully saturated rings. The predicted octanol–water partition coefficient (Wildman–Crippen LogP) is 2.87. The summed E-state index contributed by atoms with van der Waals surface area (Å²) in [7, 11) is 1.58. The zero-order valence-corrected chi connectivity index (χ0v) is 12.0. The average Bonchev–Trinajstić information content (AvgIpc) is 2.42. The van der Waals surface area contributed by atoms with E-state index < -0.39 is 5.97 Å².